The van der Waals surface area contributed by atoms with Crippen molar-refractivity contribution in [1.82, 2.24) is 0 Å². The van der Waals surface area contributed by atoms with Gasteiger partial charge >= 0.3 is 0 Å². The molecule has 4 rings (SSSR count). The molecule has 0 amide bonds. The van der Waals surface area contributed by atoms with E-state index in [0.29, 0.717) is 12.0 Å². The molecule has 2 heterocycles. The number of carbonyl (C=O) groups excluding carboxylic acids is 1. The van der Waals surface area contributed by atoms with Gasteiger partial charge in [0.25, 0.3) is 0 Å². The van der Waals surface area contributed by atoms with Gasteiger partial charge in [-0.15, -0.1) is 0 Å². The minimum atomic E-state index is -0.742. The molecule has 19 heavy (non-hydrogen) atoms. The predicted octanol–water partition coefficient (Wildman–Crippen LogP) is 2.16. The maximum atomic E-state index is 12.3. The van der Waals surface area contributed by atoms with Crippen LogP contribution in [0.3, 0.4) is 0 Å². The van der Waals surface area contributed by atoms with Gasteiger partial charge in [-0.05, 0) is 37.2 Å². The standard InChI is InChI=1S/C15H22O4/c1-8(2)15-6-5-14(4,18-19-15)12-10(16)7-9(3)11(12)13(15)17/h8-9,13,17H,5-7H2,1-4H3/t9-,13-,14-,15-/m1/s1. The molecule has 1 N–H and O–H groups in total. The molecule has 0 aromatic carbocycles. The molecule has 0 aromatic heterocycles. The predicted molar refractivity (Wildman–Crippen MR) is 69.2 cm³/mol. The molecule has 0 saturated carbocycles. The highest BCUT2D eigenvalue weighted by Gasteiger charge is 2.60. The SMILES string of the molecule is CC(C)[C@@]12CC[C@@](C)(OO1)C1=C([C@H](C)CC1=O)[C@H]2O. The number of rotatable bonds is 1. The van der Waals surface area contributed by atoms with Gasteiger partial charge in [0.05, 0.1) is 0 Å². The first-order valence-electron chi connectivity index (χ1n) is 7.14. The fourth-order valence-electron chi connectivity index (χ4n) is 3.90. The normalized spacial score (nSPS) is 45.9. The average Bonchev–Trinajstić information content (AvgIpc) is 2.54. The molecule has 0 spiro atoms. The lowest BCUT2D eigenvalue weighted by molar-refractivity contribution is -0.442. The van der Waals surface area contributed by atoms with Crippen molar-refractivity contribution >= 4 is 5.78 Å². The first-order valence-corrected chi connectivity index (χ1v) is 7.14. The Morgan fingerprint density at radius 1 is 1.32 bits per heavy atom. The average molecular weight is 266 g/mol. The Morgan fingerprint density at radius 2 is 2.00 bits per heavy atom. The van der Waals surface area contributed by atoms with E-state index >= 15 is 0 Å². The highest BCUT2D eigenvalue weighted by atomic mass is 17.2. The van der Waals surface area contributed by atoms with Crippen LogP contribution in [0.4, 0.5) is 0 Å². The van der Waals surface area contributed by atoms with Crippen molar-refractivity contribution in [3.63, 3.8) is 0 Å². The number of hydrogen-bond donors (Lipinski definition) is 1. The molecule has 2 aliphatic carbocycles. The van der Waals surface area contributed by atoms with Crippen LogP contribution >= 0.6 is 0 Å². The van der Waals surface area contributed by atoms with Gasteiger partial charge in [-0.3, -0.25) is 4.79 Å². The summed E-state index contributed by atoms with van der Waals surface area (Å²) in [5, 5.41) is 10.9. The van der Waals surface area contributed by atoms with Crippen LogP contribution < -0.4 is 0 Å². The summed E-state index contributed by atoms with van der Waals surface area (Å²) in [6.45, 7) is 7.97. The Bertz CT molecular complexity index is 455. The smallest absolute Gasteiger partial charge is 0.162 e. The number of Topliss-reactive ketones (excluding diaryl/α,β-unsaturated/α-hetero) is 1. The lowest BCUT2D eigenvalue weighted by Crippen LogP contribution is -2.54. The fourth-order valence-corrected chi connectivity index (χ4v) is 3.90. The first kappa shape index (κ1) is 13.3. The van der Waals surface area contributed by atoms with Crippen LogP contribution in [0.1, 0.15) is 47.0 Å². The van der Waals surface area contributed by atoms with E-state index in [-0.39, 0.29) is 17.6 Å². The molecule has 2 aliphatic heterocycles. The Balaban J connectivity index is 2.19. The van der Waals surface area contributed by atoms with Crippen LogP contribution in [0.25, 0.3) is 0 Å². The maximum Gasteiger partial charge on any atom is 0.162 e. The highest BCUT2D eigenvalue weighted by Crippen LogP contribution is 2.53. The van der Waals surface area contributed by atoms with Crippen LogP contribution in [0.5, 0.6) is 0 Å². The molecule has 0 radical (unpaired) electrons. The molecule has 0 aromatic rings. The third-order valence-electron chi connectivity index (χ3n) is 5.23. The number of carbonyl (C=O) groups is 1. The molecular weight excluding hydrogens is 244 g/mol. The third kappa shape index (κ3) is 1.54. The second-order valence-electron chi connectivity index (χ2n) is 6.77. The van der Waals surface area contributed by atoms with Gasteiger partial charge in [0.15, 0.2) is 5.78 Å². The molecule has 4 heteroatoms. The van der Waals surface area contributed by atoms with Gasteiger partial charge in [0.2, 0.25) is 0 Å². The van der Waals surface area contributed by atoms with Crippen LogP contribution in [-0.2, 0) is 14.6 Å². The lowest BCUT2D eigenvalue weighted by atomic mass is 9.77. The number of ketones is 1. The lowest BCUT2D eigenvalue weighted by Gasteiger charge is -2.45. The summed E-state index contributed by atoms with van der Waals surface area (Å²) in [5.41, 5.74) is 0.131. The topological polar surface area (TPSA) is 55.8 Å². The van der Waals surface area contributed by atoms with Gasteiger partial charge in [-0.2, -0.15) is 0 Å². The zero-order chi connectivity index (χ0) is 14.0. The minimum absolute atomic E-state index is 0.0818. The summed E-state index contributed by atoms with van der Waals surface area (Å²) in [6.07, 6.45) is 1.18. The van der Waals surface area contributed by atoms with Crippen LogP contribution in [0.15, 0.2) is 11.1 Å². The quantitative estimate of drug-likeness (QED) is 0.739. The molecule has 4 nitrogen and oxygen atoms in total. The number of aliphatic hydroxyl groups is 1. The van der Waals surface area contributed by atoms with E-state index in [1.165, 1.54) is 0 Å². The van der Waals surface area contributed by atoms with E-state index in [4.69, 9.17) is 9.78 Å². The maximum absolute atomic E-state index is 12.3. The van der Waals surface area contributed by atoms with Crippen LogP contribution in [0, 0.1) is 11.8 Å². The molecule has 4 atom stereocenters. The van der Waals surface area contributed by atoms with Crippen molar-refractivity contribution in [2.24, 2.45) is 11.8 Å². The first-order chi connectivity index (χ1) is 8.82. The van der Waals surface area contributed by atoms with E-state index in [2.05, 4.69) is 0 Å². The van der Waals surface area contributed by atoms with Crippen LogP contribution in [-0.4, -0.2) is 28.2 Å². The van der Waals surface area contributed by atoms with Crippen molar-refractivity contribution in [2.75, 3.05) is 0 Å². The van der Waals surface area contributed by atoms with Gasteiger partial charge in [-0.25, -0.2) is 9.78 Å². The van der Waals surface area contributed by atoms with E-state index < -0.39 is 17.3 Å². The van der Waals surface area contributed by atoms with Crippen molar-refractivity contribution in [2.45, 2.75) is 64.3 Å². The zero-order valence-corrected chi connectivity index (χ0v) is 12.0. The summed E-state index contributed by atoms with van der Waals surface area (Å²) in [7, 11) is 0. The molecule has 1 fully saturated rings. The molecule has 106 valence electrons. The summed E-state index contributed by atoms with van der Waals surface area (Å²) in [6, 6.07) is 0. The molecule has 1 saturated heterocycles. The molecule has 2 bridgehead atoms. The summed E-state index contributed by atoms with van der Waals surface area (Å²) in [4.78, 5) is 23.6. The summed E-state index contributed by atoms with van der Waals surface area (Å²) < 4.78 is 0. The second kappa shape index (κ2) is 3.90. The van der Waals surface area contributed by atoms with Crippen LogP contribution in [0.2, 0.25) is 0 Å². The fraction of sp³-hybridized carbons (Fsp3) is 0.800. The largest absolute Gasteiger partial charge is 0.386 e. The Hall–Kier alpha value is -0.710. The van der Waals surface area contributed by atoms with Gasteiger partial charge in [0, 0.05) is 12.0 Å². The molecular formula is C15H22O4. The van der Waals surface area contributed by atoms with E-state index in [9.17, 15) is 9.90 Å². The van der Waals surface area contributed by atoms with E-state index in [1.54, 1.807) is 0 Å². The Labute approximate surface area is 113 Å². The van der Waals surface area contributed by atoms with Gasteiger partial charge in [-0.1, -0.05) is 20.8 Å². The number of aliphatic hydroxyl groups excluding tert-OH is 1. The van der Waals surface area contributed by atoms with Crippen molar-refractivity contribution in [3.8, 4) is 0 Å². The summed E-state index contributed by atoms with van der Waals surface area (Å²) in [5.74, 6) is 0.314. The molecule has 0 unspecified atom stereocenters. The second-order valence-corrected chi connectivity index (χ2v) is 6.77. The van der Waals surface area contributed by atoms with Gasteiger partial charge in [0.1, 0.15) is 17.3 Å². The minimum Gasteiger partial charge on any atom is -0.386 e. The van der Waals surface area contributed by atoms with Crippen molar-refractivity contribution < 1.29 is 19.7 Å². The Morgan fingerprint density at radius 3 is 2.53 bits per heavy atom. The third-order valence-corrected chi connectivity index (χ3v) is 5.23. The Kier molecular flexibility index (Phi) is 2.73. The number of fused-ring (bicyclic) bond motifs is 2. The molecule has 4 aliphatic rings. The van der Waals surface area contributed by atoms with Gasteiger partial charge < -0.3 is 5.11 Å². The van der Waals surface area contributed by atoms with E-state index in [0.717, 1.165) is 18.4 Å². The van der Waals surface area contributed by atoms with Crippen molar-refractivity contribution in [1.29, 1.82) is 0 Å². The zero-order valence-electron chi connectivity index (χ0n) is 12.0. The number of hydrogen-bond acceptors (Lipinski definition) is 4. The summed E-state index contributed by atoms with van der Waals surface area (Å²) >= 11 is 0. The van der Waals surface area contributed by atoms with E-state index in [1.807, 2.05) is 27.7 Å². The highest BCUT2D eigenvalue weighted by molar-refractivity contribution is 6.01. The van der Waals surface area contributed by atoms with Crippen molar-refractivity contribution in [3.05, 3.63) is 11.1 Å². The monoisotopic (exact) mass is 266 g/mol.